The van der Waals surface area contributed by atoms with E-state index in [1.165, 1.54) is 35.3 Å². The molecule has 0 radical (unpaired) electrons. The average Bonchev–Trinajstić information content (AvgIpc) is 3.27. The summed E-state index contributed by atoms with van der Waals surface area (Å²) in [6.45, 7) is 1.89. The molecule has 0 amide bonds. The van der Waals surface area contributed by atoms with E-state index in [2.05, 4.69) is 53.4 Å². The van der Waals surface area contributed by atoms with Gasteiger partial charge < -0.3 is 9.84 Å². The number of nitrogens with zero attached hydrogens (tertiary/aromatic N) is 1. The number of carbonyl (C=O) groups is 1. The predicted octanol–water partition coefficient (Wildman–Crippen LogP) is 5.61. The Labute approximate surface area is 181 Å². The van der Waals surface area contributed by atoms with Gasteiger partial charge in [0.25, 0.3) is 0 Å². The summed E-state index contributed by atoms with van der Waals surface area (Å²) in [6, 6.07) is 24.5. The van der Waals surface area contributed by atoms with Gasteiger partial charge in [0.1, 0.15) is 17.2 Å². The molecule has 1 aromatic heterocycles. The molecule has 1 atom stereocenters. The van der Waals surface area contributed by atoms with Crippen molar-refractivity contribution < 1.29 is 14.6 Å². The van der Waals surface area contributed by atoms with Crippen molar-refractivity contribution in [2.45, 2.75) is 38.0 Å². The number of carboxylic acids is 1. The van der Waals surface area contributed by atoms with E-state index in [9.17, 15) is 4.79 Å². The highest BCUT2D eigenvalue weighted by Gasteiger charge is 2.27. The van der Waals surface area contributed by atoms with Crippen LogP contribution in [0.5, 0.6) is 0 Å². The molecular weight excluding hydrogens is 394 g/mol. The van der Waals surface area contributed by atoms with Crippen molar-refractivity contribution in [3.8, 4) is 0 Å². The zero-order chi connectivity index (χ0) is 20.8. The lowest BCUT2D eigenvalue weighted by molar-refractivity contribution is -0.105. The van der Waals surface area contributed by atoms with Crippen LogP contribution in [0.15, 0.2) is 72.8 Å². The molecular formula is C25H27NO3S. The van der Waals surface area contributed by atoms with Gasteiger partial charge in [0.2, 0.25) is 0 Å². The lowest BCUT2D eigenvalue weighted by Gasteiger charge is -2.38. The summed E-state index contributed by atoms with van der Waals surface area (Å²) in [6.07, 6.45) is 4.16. The standard InChI is InChI=1S/C25H27NO3S/c27-25(28)22-15-14-21(30-22)16-18-26-17-8-7-13-23(26)29-24(19-9-3-1-4-10-19)20-11-5-2-6-12-20/h1-6,9-12,14-15,23-24H,7-8,13,16-18H2,(H,27,28). The summed E-state index contributed by atoms with van der Waals surface area (Å²) >= 11 is 1.37. The Morgan fingerprint density at radius 3 is 2.27 bits per heavy atom. The highest BCUT2D eigenvalue weighted by molar-refractivity contribution is 7.13. The molecule has 4 nitrogen and oxygen atoms in total. The van der Waals surface area contributed by atoms with Crippen LogP contribution in [-0.4, -0.2) is 35.3 Å². The number of thiophene rings is 1. The lowest BCUT2D eigenvalue weighted by atomic mass is 10.0. The number of carboxylic acid groups (broad SMARTS) is 1. The van der Waals surface area contributed by atoms with Crippen LogP contribution in [-0.2, 0) is 11.2 Å². The second-order valence-electron chi connectivity index (χ2n) is 7.65. The third-order valence-electron chi connectivity index (χ3n) is 5.57. The van der Waals surface area contributed by atoms with E-state index in [4.69, 9.17) is 9.84 Å². The van der Waals surface area contributed by atoms with Crippen LogP contribution in [0.25, 0.3) is 0 Å². The van der Waals surface area contributed by atoms with Crippen LogP contribution >= 0.6 is 11.3 Å². The van der Waals surface area contributed by atoms with Crippen molar-refractivity contribution in [1.29, 1.82) is 0 Å². The van der Waals surface area contributed by atoms with E-state index in [1.807, 2.05) is 18.2 Å². The van der Waals surface area contributed by atoms with E-state index in [1.54, 1.807) is 6.07 Å². The number of rotatable bonds is 8. The van der Waals surface area contributed by atoms with Gasteiger partial charge in [0.05, 0.1) is 0 Å². The van der Waals surface area contributed by atoms with E-state index < -0.39 is 5.97 Å². The Morgan fingerprint density at radius 1 is 1.00 bits per heavy atom. The number of likely N-dealkylation sites (tertiary alicyclic amines) is 1. The van der Waals surface area contributed by atoms with Crippen molar-refractivity contribution >= 4 is 17.3 Å². The van der Waals surface area contributed by atoms with E-state index in [0.717, 1.165) is 30.8 Å². The summed E-state index contributed by atoms with van der Waals surface area (Å²) < 4.78 is 6.74. The number of hydrogen-bond donors (Lipinski definition) is 1. The fraction of sp³-hybridized carbons (Fsp3) is 0.320. The van der Waals surface area contributed by atoms with Crippen LogP contribution in [0, 0.1) is 0 Å². The summed E-state index contributed by atoms with van der Waals surface area (Å²) in [5, 5.41) is 9.15. The summed E-state index contributed by atoms with van der Waals surface area (Å²) in [7, 11) is 0. The van der Waals surface area contributed by atoms with Crippen LogP contribution in [0.2, 0.25) is 0 Å². The molecule has 1 aliphatic rings. The molecule has 0 aliphatic carbocycles. The third-order valence-corrected chi connectivity index (χ3v) is 6.70. The van der Waals surface area contributed by atoms with Crippen molar-refractivity contribution in [3.05, 3.63) is 93.7 Å². The van der Waals surface area contributed by atoms with Gasteiger partial charge in [-0.25, -0.2) is 4.79 Å². The van der Waals surface area contributed by atoms with Crippen LogP contribution in [0.3, 0.4) is 0 Å². The first kappa shape index (κ1) is 20.8. The number of piperidine rings is 1. The minimum atomic E-state index is -0.848. The number of benzene rings is 2. The highest BCUT2D eigenvalue weighted by Crippen LogP contribution is 2.31. The highest BCUT2D eigenvalue weighted by atomic mass is 32.1. The van der Waals surface area contributed by atoms with Gasteiger partial charge in [-0.1, -0.05) is 60.7 Å². The molecule has 1 saturated heterocycles. The van der Waals surface area contributed by atoms with E-state index in [0.29, 0.717) is 4.88 Å². The Morgan fingerprint density at radius 2 is 1.67 bits per heavy atom. The molecule has 1 unspecified atom stereocenters. The zero-order valence-electron chi connectivity index (χ0n) is 16.9. The Hall–Kier alpha value is -2.47. The molecule has 30 heavy (non-hydrogen) atoms. The molecule has 5 heteroatoms. The maximum Gasteiger partial charge on any atom is 0.345 e. The predicted molar refractivity (Wildman–Crippen MR) is 120 cm³/mol. The van der Waals surface area contributed by atoms with Gasteiger partial charge in [-0.05, 0) is 48.9 Å². The van der Waals surface area contributed by atoms with Gasteiger partial charge in [0.15, 0.2) is 0 Å². The van der Waals surface area contributed by atoms with Gasteiger partial charge >= 0.3 is 5.97 Å². The summed E-state index contributed by atoms with van der Waals surface area (Å²) in [5.41, 5.74) is 2.33. The second kappa shape index (κ2) is 10.0. The first-order valence-corrected chi connectivity index (χ1v) is 11.3. The normalized spacial score (nSPS) is 17.3. The third kappa shape index (κ3) is 5.17. The van der Waals surface area contributed by atoms with Gasteiger partial charge in [0, 0.05) is 18.0 Å². The zero-order valence-corrected chi connectivity index (χ0v) is 17.8. The summed E-state index contributed by atoms with van der Waals surface area (Å²) in [4.78, 5) is 15.1. The van der Waals surface area contributed by atoms with E-state index >= 15 is 0 Å². The first-order valence-electron chi connectivity index (χ1n) is 10.5. The molecule has 0 bridgehead atoms. The molecule has 1 aliphatic heterocycles. The largest absolute Gasteiger partial charge is 0.477 e. The van der Waals surface area contributed by atoms with Crippen LogP contribution < -0.4 is 0 Å². The fourth-order valence-electron chi connectivity index (χ4n) is 4.01. The van der Waals surface area contributed by atoms with Crippen molar-refractivity contribution in [2.24, 2.45) is 0 Å². The van der Waals surface area contributed by atoms with Crippen molar-refractivity contribution in [1.82, 2.24) is 4.90 Å². The number of ether oxygens (including phenoxy) is 1. The minimum absolute atomic E-state index is 0.0584. The molecule has 2 aromatic carbocycles. The van der Waals surface area contributed by atoms with Gasteiger partial charge in [-0.3, -0.25) is 4.90 Å². The maximum absolute atomic E-state index is 11.1. The van der Waals surface area contributed by atoms with Gasteiger partial charge in [-0.2, -0.15) is 0 Å². The maximum atomic E-state index is 11.1. The molecule has 1 N–H and O–H groups in total. The molecule has 1 fully saturated rings. The second-order valence-corrected chi connectivity index (χ2v) is 8.81. The molecule has 0 spiro atoms. The van der Waals surface area contributed by atoms with Crippen molar-refractivity contribution in [2.75, 3.05) is 13.1 Å². The average molecular weight is 422 g/mol. The van der Waals surface area contributed by atoms with E-state index in [-0.39, 0.29) is 12.3 Å². The molecule has 0 saturated carbocycles. The van der Waals surface area contributed by atoms with Gasteiger partial charge in [-0.15, -0.1) is 11.3 Å². The first-order chi connectivity index (χ1) is 14.7. The number of aromatic carboxylic acids is 1. The Bertz CT molecular complexity index is 902. The minimum Gasteiger partial charge on any atom is -0.477 e. The fourth-order valence-corrected chi connectivity index (χ4v) is 4.85. The molecule has 3 aromatic rings. The molecule has 156 valence electrons. The summed E-state index contributed by atoms with van der Waals surface area (Å²) in [5.74, 6) is -0.848. The topological polar surface area (TPSA) is 49.8 Å². The van der Waals surface area contributed by atoms with Crippen molar-refractivity contribution in [3.63, 3.8) is 0 Å². The number of hydrogen-bond acceptors (Lipinski definition) is 4. The Balaban J connectivity index is 1.48. The monoisotopic (exact) mass is 421 g/mol. The molecule has 4 rings (SSSR count). The lowest BCUT2D eigenvalue weighted by Crippen LogP contribution is -2.43. The van der Waals surface area contributed by atoms with Crippen LogP contribution in [0.1, 0.15) is 51.0 Å². The quantitative estimate of drug-likeness (QED) is 0.514. The SMILES string of the molecule is O=C(O)c1ccc(CCN2CCCCC2OC(c2ccccc2)c2ccccc2)s1. The van der Waals surface area contributed by atoms with Crippen LogP contribution in [0.4, 0.5) is 0 Å². The molecule has 2 heterocycles. The smallest absolute Gasteiger partial charge is 0.345 e. The Kier molecular flexibility index (Phi) is 6.95.